The molecule has 2 heterocycles. The predicted molar refractivity (Wildman–Crippen MR) is 77.4 cm³/mol. The molecule has 1 aliphatic rings. The lowest BCUT2D eigenvalue weighted by molar-refractivity contribution is 0.124. The van der Waals surface area contributed by atoms with E-state index in [9.17, 15) is 0 Å². The molecule has 19 heavy (non-hydrogen) atoms. The molecule has 2 rings (SSSR count). The zero-order valence-electron chi connectivity index (χ0n) is 12.1. The minimum atomic E-state index is 0.543. The lowest BCUT2D eigenvalue weighted by Gasteiger charge is -2.32. The minimum Gasteiger partial charge on any atom is -0.490 e. The normalized spacial score (nSPS) is 20.4. The quantitative estimate of drug-likeness (QED) is 0.852. The zero-order chi connectivity index (χ0) is 13.5. The maximum atomic E-state index is 6.00. The molecule has 1 unspecified atom stereocenters. The summed E-state index contributed by atoms with van der Waals surface area (Å²) in [5.74, 6) is 0.919. The van der Waals surface area contributed by atoms with Gasteiger partial charge in [-0.2, -0.15) is 0 Å². The number of pyridine rings is 1. The Hall–Kier alpha value is -1.13. The van der Waals surface area contributed by atoms with E-state index in [1.54, 1.807) is 0 Å². The minimum absolute atomic E-state index is 0.543. The van der Waals surface area contributed by atoms with Gasteiger partial charge >= 0.3 is 0 Å². The molecule has 0 aromatic carbocycles. The molecule has 106 valence electrons. The smallest absolute Gasteiger partial charge is 0.142 e. The first kappa shape index (κ1) is 14.3. The van der Waals surface area contributed by atoms with E-state index in [2.05, 4.69) is 29.2 Å². The summed E-state index contributed by atoms with van der Waals surface area (Å²) in [4.78, 5) is 6.58. The maximum Gasteiger partial charge on any atom is 0.142 e. The van der Waals surface area contributed by atoms with Gasteiger partial charge in [-0.3, -0.25) is 4.98 Å². The van der Waals surface area contributed by atoms with Crippen molar-refractivity contribution in [3.05, 3.63) is 24.0 Å². The molecule has 1 aromatic rings. The number of nitrogens with one attached hydrogen (secondary N) is 1. The fourth-order valence-corrected chi connectivity index (χ4v) is 2.49. The molecular formula is C15H25N3O. The third kappa shape index (κ3) is 4.18. The molecule has 0 amide bonds. The first-order valence-corrected chi connectivity index (χ1v) is 7.28. The van der Waals surface area contributed by atoms with Gasteiger partial charge in [0.25, 0.3) is 0 Å². The largest absolute Gasteiger partial charge is 0.490 e. The second-order valence-electron chi connectivity index (χ2n) is 5.20. The molecule has 1 saturated heterocycles. The Kier molecular flexibility index (Phi) is 5.61. The maximum absolute atomic E-state index is 6.00. The van der Waals surface area contributed by atoms with Gasteiger partial charge in [-0.1, -0.05) is 13.3 Å². The van der Waals surface area contributed by atoms with Crippen LogP contribution in [0.3, 0.4) is 0 Å². The molecule has 1 atom stereocenters. The van der Waals surface area contributed by atoms with Crippen LogP contribution < -0.4 is 10.1 Å². The summed E-state index contributed by atoms with van der Waals surface area (Å²) in [5.41, 5.74) is 1.19. The molecule has 0 saturated carbocycles. The van der Waals surface area contributed by atoms with Gasteiger partial charge in [0, 0.05) is 24.3 Å². The third-order valence-corrected chi connectivity index (χ3v) is 3.79. The van der Waals surface area contributed by atoms with E-state index >= 15 is 0 Å². The Balaban J connectivity index is 1.91. The summed E-state index contributed by atoms with van der Waals surface area (Å²) in [5, 5.41) is 3.33. The third-order valence-electron chi connectivity index (χ3n) is 3.79. The van der Waals surface area contributed by atoms with Crippen LogP contribution in [0.15, 0.2) is 18.5 Å². The van der Waals surface area contributed by atoms with Crippen LogP contribution in [0.5, 0.6) is 5.75 Å². The van der Waals surface area contributed by atoms with Crippen molar-refractivity contribution >= 4 is 0 Å². The van der Waals surface area contributed by atoms with E-state index in [1.165, 1.54) is 31.4 Å². The number of ether oxygens (including phenoxy) is 1. The number of hydrogen-bond donors (Lipinski definition) is 1. The molecule has 0 aliphatic carbocycles. The van der Waals surface area contributed by atoms with E-state index < -0.39 is 0 Å². The summed E-state index contributed by atoms with van der Waals surface area (Å²) < 4.78 is 6.00. The van der Waals surface area contributed by atoms with E-state index in [0.717, 1.165) is 25.4 Å². The summed E-state index contributed by atoms with van der Waals surface area (Å²) in [6, 6.07) is 2.57. The molecule has 4 heteroatoms. The highest BCUT2D eigenvalue weighted by molar-refractivity contribution is 5.29. The van der Waals surface area contributed by atoms with Gasteiger partial charge in [0.05, 0.1) is 6.20 Å². The van der Waals surface area contributed by atoms with Crippen LogP contribution in [0.25, 0.3) is 0 Å². The first-order valence-electron chi connectivity index (χ1n) is 7.28. The van der Waals surface area contributed by atoms with Crippen LogP contribution in [-0.4, -0.2) is 42.7 Å². The number of hydrogen-bond acceptors (Lipinski definition) is 4. The number of likely N-dealkylation sites (tertiary alicyclic amines) is 1. The number of aromatic nitrogens is 1. The van der Waals surface area contributed by atoms with Gasteiger partial charge in [-0.05, 0) is 39.0 Å². The highest BCUT2D eigenvalue weighted by atomic mass is 16.5. The molecule has 0 radical (unpaired) electrons. The van der Waals surface area contributed by atoms with Gasteiger partial charge in [0.15, 0.2) is 0 Å². The van der Waals surface area contributed by atoms with Crippen molar-refractivity contribution < 1.29 is 4.74 Å². The average Bonchev–Trinajstić information content (AvgIpc) is 2.45. The number of nitrogens with zero attached hydrogens (tertiary/aromatic N) is 2. The van der Waals surface area contributed by atoms with Crippen molar-refractivity contribution in [3.63, 3.8) is 0 Å². The zero-order valence-corrected chi connectivity index (χ0v) is 12.1. The van der Waals surface area contributed by atoms with Gasteiger partial charge in [-0.25, -0.2) is 0 Å². The SMILES string of the molecule is CCNCc1ccncc1OCC1CCCCN1C. The highest BCUT2D eigenvalue weighted by Crippen LogP contribution is 2.20. The first-order chi connectivity index (χ1) is 9.31. The van der Waals surface area contributed by atoms with Crippen molar-refractivity contribution in [1.82, 2.24) is 15.2 Å². The van der Waals surface area contributed by atoms with Crippen LogP contribution in [0.1, 0.15) is 31.7 Å². The lowest BCUT2D eigenvalue weighted by atomic mass is 10.0. The molecule has 1 aromatic heterocycles. The van der Waals surface area contributed by atoms with Crippen LogP contribution in [0.2, 0.25) is 0 Å². The van der Waals surface area contributed by atoms with Crippen molar-refractivity contribution in [2.75, 3.05) is 26.7 Å². The van der Waals surface area contributed by atoms with Crippen LogP contribution in [-0.2, 0) is 6.54 Å². The monoisotopic (exact) mass is 263 g/mol. The van der Waals surface area contributed by atoms with E-state index in [4.69, 9.17) is 4.74 Å². The number of rotatable bonds is 6. The van der Waals surface area contributed by atoms with Gasteiger partial charge < -0.3 is 15.0 Å². The van der Waals surface area contributed by atoms with Crippen LogP contribution in [0, 0.1) is 0 Å². The molecule has 0 bridgehead atoms. The average molecular weight is 263 g/mol. The number of likely N-dealkylation sites (N-methyl/N-ethyl adjacent to an activating group) is 1. The lowest BCUT2D eigenvalue weighted by Crippen LogP contribution is -2.40. The van der Waals surface area contributed by atoms with Crippen molar-refractivity contribution in [3.8, 4) is 5.75 Å². The summed E-state index contributed by atoms with van der Waals surface area (Å²) in [7, 11) is 2.19. The van der Waals surface area contributed by atoms with Gasteiger partial charge in [0.1, 0.15) is 12.4 Å². The fraction of sp³-hybridized carbons (Fsp3) is 0.667. The number of piperidine rings is 1. The standard InChI is InChI=1S/C15H25N3O/c1-3-16-10-13-7-8-17-11-15(13)19-12-14-6-4-5-9-18(14)2/h7-8,11,14,16H,3-6,9-10,12H2,1-2H3. The van der Waals surface area contributed by atoms with E-state index in [1.807, 2.05) is 18.5 Å². The van der Waals surface area contributed by atoms with Crippen LogP contribution >= 0.6 is 0 Å². The Morgan fingerprint density at radius 3 is 3.16 bits per heavy atom. The molecular weight excluding hydrogens is 238 g/mol. The molecule has 1 fully saturated rings. The van der Waals surface area contributed by atoms with E-state index in [0.29, 0.717) is 6.04 Å². The van der Waals surface area contributed by atoms with Crippen molar-refractivity contribution in [1.29, 1.82) is 0 Å². The molecule has 1 N–H and O–H groups in total. The Morgan fingerprint density at radius 1 is 1.47 bits per heavy atom. The second-order valence-corrected chi connectivity index (χ2v) is 5.20. The Morgan fingerprint density at radius 2 is 2.37 bits per heavy atom. The molecule has 0 spiro atoms. The van der Waals surface area contributed by atoms with E-state index in [-0.39, 0.29) is 0 Å². The Labute approximate surface area is 116 Å². The summed E-state index contributed by atoms with van der Waals surface area (Å²) >= 11 is 0. The summed E-state index contributed by atoms with van der Waals surface area (Å²) in [6.07, 6.45) is 7.52. The molecule has 4 nitrogen and oxygen atoms in total. The highest BCUT2D eigenvalue weighted by Gasteiger charge is 2.19. The fourth-order valence-electron chi connectivity index (χ4n) is 2.49. The van der Waals surface area contributed by atoms with Gasteiger partial charge in [0.2, 0.25) is 0 Å². The van der Waals surface area contributed by atoms with Crippen LogP contribution in [0.4, 0.5) is 0 Å². The van der Waals surface area contributed by atoms with Gasteiger partial charge in [-0.15, -0.1) is 0 Å². The topological polar surface area (TPSA) is 37.4 Å². The Bertz CT molecular complexity index is 383. The predicted octanol–water partition coefficient (Wildman–Crippen LogP) is 2.05. The van der Waals surface area contributed by atoms with Crippen molar-refractivity contribution in [2.45, 2.75) is 38.8 Å². The second kappa shape index (κ2) is 7.46. The molecule has 1 aliphatic heterocycles. The summed E-state index contributed by atoms with van der Waals surface area (Å²) in [6.45, 7) is 5.87. The van der Waals surface area contributed by atoms with Crippen molar-refractivity contribution in [2.24, 2.45) is 0 Å².